The highest BCUT2D eigenvalue weighted by atomic mass is 19.4. The summed E-state index contributed by atoms with van der Waals surface area (Å²) >= 11 is 0. The van der Waals surface area contributed by atoms with E-state index in [1.165, 1.54) is 23.5 Å². The van der Waals surface area contributed by atoms with Gasteiger partial charge in [0, 0.05) is 38.1 Å². The third-order valence-corrected chi connectivity index (χ3v) is 12.0. The largest absolute Gasteiger partial charge is 0.480 e. The number of piperidine rings is 2. The van der Waals surface area contributed by atoms with Crippen molar-refractivity contribution < 1.29 is 37.5 Å². The number of rotatable bonds is 12. The second kappa shape index (κ2) is 17.0. The Labute approximate surface area is 324 Å². The van der Waals surface area contributed by atoms with Crippen molar-refractivity contribution in [2.75, 3.05) is 32.7 Å². The molecule has 4 aliphatic rings. The summed E-state index contributed by atoms with van der Waals surface area (Å²) in [7, 11) is 0. The molecule has 6 atom stereocenters. The summed E-state index contributed by atoms with van der Waals surface area (Å²) in [5, 5.41) is 16.6. The first kappa shape index (κ1) is 39.2. The van der Waals surface area contributed by atoms with Crippen LogP contribution in [0.5, 0.6) is 0 Å². The van der Waals surface area contributed by atoms with Crippen molar-refractivity contribution in [3.63, 3.8) is 0 Å². The van der Waals surface area contributed by atoms with Gasteiger partial charge in [-0.1, -0.05) is 91.4 Å². The molecule has 296 valence electrons. The van der Waals surface area contributed by atoms with E-state index in [-0.39, 0.29) is 30.0 Å². The summed E-state index contributed by atoms with van der Waals surface area (Å²) in [6.07, 6.45) is 3.78. The number of β-lactam (4-membered cyclic amide) rings is 1. The number of benzene rings is 3. The van der Waals surface area contributed by atoms with Gasteiger partial charge in [-0.3, -0.25) is 24.1 Å². The molecule has 0 bridgehead atoms. The van der Waals surface area contributed by atoms with E-state index >= 15 is 0 Å². The normalized spacial score (nSPS) is 25.1. The molecular formula is C43H48F3N5O5. The van der Waals surface area contributed by atoms with Crippen LogP contribution in [0.4, 0.5) is 13.2 Å². The highest BCUT2D eigenvalue weighted by molar-refractivity contribution is 6.00. The number of carbonyl (C=O) groups excluding carboxylic acids is 3. The molecule has 0 aromatic heterocycles. The standard InChI is InChI=1S/C43H48F3N5O5/c44-43(45,46)31-16-10-13-29(25-31)26-47-40(53)37(38(42(55)56)50-23-19-32(20-24-50)49-21-8-3-9-22-49)51-34(18-17-28-11-4-1-5-12-28)36(41(51)54)35-33(27-48-39(35)52)30-14-6-2-7-15-30/h1-2,4-7,10-18,25,32-38H,3,8-9,19-24,26-27H2,(H,47,53)(H,48,52)(H,55,56)/t33-,34+,35?,36+,37+,38?/m0/s1. The van der Waals surface area contributed by atoms with E-state index < -0.39 is 59.5 Å². The Bertz CT molecular complexity index is 1900. The highest BCUT2D eigenvalue weighted by Crippen LogP contribution is 2.45. The van der Waals surface area contributed by atoms with Crippen LogP contribution >= 0.6 is 0 Å². The third-order valence-electron chi connectivity index (χ3n) is 12.0. The van der Waals surface area contributed by atoms with Gasteiger partial charge in [-0.2, -0.15) is 13.2 Å². The molecule has 4 heterocycles. The van der Waals surface area contributed by atoms with Crippen molar-refractivity contribution in [3.05, 3.63) is 113 Å². The average Bonchev–Trinajstić information content (AvgIpc) is 3.58. The molecule has 0 aliphatic carbocycles. The molecule has 13 heteroatoms. The number of carbonyl (C=O) groups is 4. The van der Waals surface area contributed by atoms with E-state index in [9.17, 15) is 37.5 Å². The lowest BCUT2D eigenvalue weighted by Gasteiger charge is -2.54. The van der Waals surface area contributed by atoms with Crippen LogP contribution in [0.3, 0.4) is 0 Å². The third kappa shape index (κ3) is 8.39. The molecule has 4 saturated heterocycles. The highest BCUT2D eigenvalue weighted by Gasteiger charge is 2.61. The lowest BCUT2D eigenvalue weighted by Crippen LogP contribution is -2.74. The van der Waals surface area contributed by atoms with Gasteiger partial charge in [0.05, 0.1) is 23.4 Å². The van der Waals surface area contributed by atoms with Crippen LogP contribution < -0.4 is 10.6 Å². The van der Waals surface area contributed by atoms with E-state index in [1.807, 2.05) is 60.7 Å². The van der Waals surface area contributed by atoms with Crippen molar-refractivity contribution in [3.8, 4) is 0 Å². The van der Waals surface area contributed by atoms with Crippen LogP contribution in [0.2, 0.25) is 0 Å². The Kier molecular flexibility index (Phi) is 11.9. The molecule has 0 spiro atoms. The number of carboxylic acid groups (broad SMARTS) is 1. The van der Waals surface area contributed by atoms with E-state index in [2.05, 4.69) is 15.5 Å². The Morgan fingerprint density at radius 1 is 0.857 bits per heavy atom. The number of alkyl halides is 3. The number of nitrogens with one attached hydrogen (secondary N) is 2. The maximum absolute atomic E-state index is 14.7. The summed E-state index contributed by atoms with van der Waals surface area (Å²) in [6.45, 7) is 2.74. The first-order valence-electron chi connectivity index (χ1n) is 19.5. The number of nitrogens with zero attached hydrogens (tertiary/aromatic N) is 3. The lowest BCUT2D eigenvalue weighted by atomic mass is 9.69. The van der Waals surface area contributed by atoms with Crippen molar-refractivity contribution in [1.29, 1.82) is 0 Å². The number of hydrogen-bond acceptors (Lipinski definition) is 6. The monoisotopic (exact) mass is 771 g/mol. The van der Waals surface area contributed by atoms with Gasteiger partial charge in [-0.25, -0.2) is 0 Å². The second-order valence-corrected chi connectivity index (χ2v) is 15.3. The molecule has 3 aromatic carbocycles. The van der Waals surface area contributed by atoms with Crippen LogP contribution in [0.25, 0.3) is 6.08 Å². The Hall–Kier alpha value is -5.01. The molecular weight excluding hydrogens is 723 g/mol. The van der Waals surface area contributed by atoms with E-state index in [4.69, 9.17) is 0 Å². The summed E-state index contributed by atoms with van der Waals surface area (Å²) in [5.74, 6) is -4.94. The van der Waals surface area contributed by atoms with Gasteiger partial charge in [0.15, 0.2) is 0 Å². The SMILES string of the molecule is O=C1NC[C@@H](c2ccccc2)C1[C@@H]1C(=O)N([C@@H](C(=O)NCc2cccc(C(F)(F)F)c2)C(C(=O)O)N2CCC(N3CCCCC3)CC2)[C@@H]1C=Cc1ccccc1. The molecule has 3 N–H and O–H groups in total. The lowest BCUT2D eigenvalue weighted by molar-refractivity contribution is -0.174. The minimum absolute atomic E-state index is 0.169. The van der Waals surface area contributed by atoms with Crippen molar-refractivity contribution >= 4 is 29.8 Å². The summed E-state index contributed by atoms with van der Waals surface area (Å²) in [6, 6.07) is 19.7. The average molecular weight is 772 g/mol. The van der Waals surface area contributed by atoms with E-state index in [0.29, 0.717) is 32.5 Å². The first-order chi connectivity index (χ1) is 27.0. The topological polar surface area (TPSA) is 122 Å². The molecule has 3 amide bonds. The van der Waals surface area contributed by atoms with Gasteiger partial charge in [0.25, 0.3) is 0 Å². The van der Waals surface area contributed by atoms with Crippen LogP contribution in [0.15, 0.2) is 91.0 Å². The fourth-order valence-electron chi connectivity index (χ4n) is 9.18. The van der Waals surface area contributed by atoms with Gasteiger partial charge in [0.1, 0.15) is 12.1 Å². The number of amides is 3. The van der Waals surface area contributed by atoms with E-state index in [0.717, 1.165) is 49.2 Å². The first-order valence-corrected chi connectivity index (χ1v) is 19.5. The number of carboxylic acids is 1. The molecule has 0 radical (unpaired) electrons. The summed E-state index contributed by atoms with van der Waals surface area (Å²) < 4.78 is 40.7. The van der Waals surface area contributed by atoms with Crippen molar-refractivity contribution in [2.24, 2.45) is 11.8 Å². The zero-order valence-corrected chi connectivity index (χ0v) is 31.1. The van der Waals surface area contributed by atoms with Gasteiger partial charge < -0.3 is 25.5 Å². The van der Waals surface area contributed by atoms with Crippen LogP contribution in [-0.2, 0) is 31.9 Å². The molecule has 7 rings (SSSR count). The molecule has 3 aromatic rings. The number of aliphatic carboxylic acids is 1. The van der Waals surface area contributed by atoms with Gasteiger partial charge in [-0.05, 0) is 67.6 Å². The maximum Gasteiger partial charge on any atom is 0.416 e. The molecule has 4 aliphatic heterocycles. The fourth-order valence-corrected chi connectivity index (χ4v) is 9.18. The molecule has 10 nitrogen and oxygen atoms in total. The molecule has 0 saturated carbocycles. The van der Waals surface area contributed by atoms with Crippen molar-refractivity contribution in [2.45, 2.75) is 74.9 Å². The minimum Gasteiger partial charge on any atom is -0.480 e. The van der Waals surface area contributed by atoms with E-state index in [1.54, 1.807) is 17.1 Å². The van der Waals surface area contributed by atoms with Crippen LogP contribution in [0.1, 0.15) is 60.3 Å². The molecule has 56 heavy (non-hydrogen) atoms. The fraction of sp³-hybridized carbons (Fsp3) is 0.442. The predicted octanol–water partition coefficient (Wildman–Crippen LogP) is 5.16. The Morgan fingerprint density at radius 3 is 2.20 bits per heavy atom. The maximum atomic E-state index is 14.7. The zero-order valence-electron chi connectivity index (χ0n) is 31.1. The number of likely N-dealkylation sites (tertiary alicyclic amines) is 3. The Balaban J connectivity index is 1.24. The van der Waals surface area contributed by atoms with Crippen LogP contribution in [0, 0.1) is 11.8 Å². The summed E-state index contributed by atoms with van der Waals surface area (Å²) in [5.41, 5.74) is 0.975. The Morgan fingerprint density at radius 2 is 1.54 bits per heavy atom. The molecule has 2 unspecified atom stereocenters. The summed E-state index contributed by atoms with van der Waals surface area (Å²) in [4.78, 5) is 61.8. The minimum atomic E-state index is -4.60. The number of halogens is 3. The van der Waals surface area contributed by atoms with Gasteiger partial charge >= 0.3 is 12.1 Å². The second-order valence-electron chi connectivity index (χ2n) is 15.3. The van der Waals surface area contributed by atoms with Crippen molar-refractivity contribution in [1.82, 2.24) is 25.3 Å². The van der Waals surface area contributed by atoms with Gasteiger partial charge in [0.2, 0.25) is 17.7 Å². The number of hydrogen-bond donors (Lipinski definition) is 3. The van der Waals surface area contributed by atoms with Gasteiger partial charge in [-0.15, -0.1) is 0 Å². The van der Waals surface area contributed by atoms with Crippen LogP contribution in [-0.4, -0.2) is 100 Å². The predicted molar refractivity (Wildman–Crippen MR) is 204 cm³/mol. The smallest absolute Gasteiger partial charge is 0.416 e. The molecule has 4 fully saturated rings. The zero-order chi connectivity index (χ0) is 39.4. The quantitative estimate of drug-likeness (QED) is 0.218.